The summed E-state index contributed by atoms with van der Waals surface area (Å²) in [5, 5.41) is 3.56. The summed E-state index contributed by atoms with van der Waals surface area (Å²) >= 11 is 0. The van der Waals surface area contributed by atoms with E-state index in [9.17, 15) is 22.8 Å². The number of amides is 3. The van der Waals surface area contributed by atoms with E-state index >= 15 is 0 Å². The average Bonchev–Trinajstić information content (AvgIpc) is 2.76. The van der Waals surface area contributed by atoms with Crippen LogP contribution >= 0.6 is 0 Å². The Labute approximate surface area is 176 Å². The van der Waals surface area contributed by atoms with Gasteiger partial charge >= 0.3 is 12.0 Å². The highest BCUT2D eigenvalue weighted by molar-refractivity contribution is 7.90. The summed E-state index contributed by atoms with van der Waals surface area (Å²) in [5.74, 6) is -1.85. The van der Waals surface area contributed by atoms with Crippen LogP contribution in [0.4, 0.5) is 10.7 Å². The predicted octanol–water partition coefficient (Wildman–Crippen LogP) is -0.698. The molecule has 0 saturated carbocycles. The molecule has 0 aromatic carbocycles. The number of methoxy groups -OCH3 is 3. The Kier molecular flexibility index (Phi) is 7.62. The number of nitrogens with zero attached hydrogens (tertiary/aromatic N) is 3. The van der Waals surface area contributed by atoms with Gasteiger partial charge in [0.2, 0.25) is 17.7 Å². The van der Waals surface area contributed by atoms with E-state index in [-0.39, 0.29) is 17.7 Å². The van der Waals surface area contributed by atoms with Crippen molar-refractivity contribution in [3.05, 3.63) is 30.0 Å². The third kappa shape index (κ3) is 6.23. The zero-order valence-corrected chi connectivity index (χ0v) is 17.3. The summed E-state index contributed by atoms with van der Waals surface area (Å²) in [4.78, 5) is 46.9. The first kappa shape index (κ1) is 23.3. The summed E-state index contributed by atoms with van der Waals surface area (Å²) < 4.78 is 41.2. The lowest BCUT2D eigenvalue weighted by molar-refractivity contribution is -0.139. The van der Waals surface area contributed by atoms with Gasteiger partial charge in [0, 0.05) is 6.20 Å². The number of pyridine rings is 1. The van der Waals surface area contributed by atoms with E-state index in [2.05, 4.69) is 30.3 Å². The number of aromatic nitrogens is 3. The van der Waals surface area contributed by atoms with Crippen LogP contribution in [0.3, 0.4) is 0 Å². The van der Waals surface area contributed by atoms with Gasteiger partial charge < -0.3 is 19.5 Å². The minimum absolute atomic E-state index is 0.0549. The Bertz CT molecular complexity index is 1070. The van der Waals surface area contributed by atoms with Crippen LogP contribution in [-0.4, -0.2) is 69.2 Å². The molecule has 15 heteroatoms. The Morgan fingerprint density at radius 2 is 1.71 bits per heavy atom. The topological polar surface area (TPSA) is 188 Å². The number of urea groups is 1. The highest BCUT2D eigenvalue weighted by Gasteiger charge is 2.26. The van der Waals surface area contributed by atoms with Crippen LogP contribution in [0, 0.1) is 0 Å². The number of carbonyl (C=O) groups excluding carboxylic acids is 3. The van der Waals surface area contributed by atoms with Gasteiger partial charge in [0.25, 0.3) is 15.9 Å². The molecule has 0 saturated heterocycles. The predicted molar refractivity (Wildman–Crippen MR) is 103 cm³/mol. The zero-order valence-electron chi connectivity index (χ0n) is 16.5. The van der Waals surface area contributed by atoms with Crippen molar-refractivity contribution in [1.29, 1.82) is 0 Å². The lowest BCUT2D eigenvalue weighted by atomic mass is 10.2. The van der Waals surface area contributed by atoms with Gasteiger partial charge in [-0.1, -0.05) is 0 Å². The molecule has 14 nitrogen and oxygen atoms in total. The highest BCUT2D eigenvalue weighted by Crippen LogP contribution is 2.17. The van der Waals surface area contributed by atoms with Crippen molar-refractivity contribution >= 4 is 33.9 Å². The first-order valence-electron chi connectivity index (χ1n) is 8.31. The zero-order chi connectivity index (χ0) is 23.0. The monoisotopic (exact) mass is 454 g/mol. The Morgan fingerprint density at radius 3 is 2.29 bits per heavy atom. The van der Waals surface area contributed by atoms with Crippen LogP contribution in [0.25, 0.3) is 0 Å². The van der Waals surface area contributed by atoms with E-state index in [4.69, 9.17) is 9.47 Å². The maximum Gasteiger partial charge on any atom is 0.335 e. The third-order valence-corrected chi connectivity index (χ3v) is 4.73. The number of nitrogens with one attached hydrogen (secondary N) is 3. The molecule has 3 N–H and O–H groups in total. The number of rotatable bonds is 8. The SMILES string of the molecule is COC(=O)CNC(=O)c1cccnc1S(=O)(=O)NC(=O)Nc1nc(OC)cc(OC)n1. The molecular weight excluding hydrogens is 436 g/mol. The summed E-state index contributed by atoms with van der Waals surface area (Å²) in [6.45, 7) is -0.493. The van der Waals surface area contributed by atoms with Crippen molar-refractivity contribution in [3.63, 3.8) is 0 Å². The highest BCUT2D eigenvalue weighted by atomic mass is 32.2. The molecule has 166 valence electrons. The standard InChI is InChI=1S/C16H18N6O8S/c1-28-10-7-11(29-2)20-15(19-10)21-16(25)22-31(26,27)14-9(5-4-6-17-14)13(24)18-8-12(23)30-3/h4-7H,8H2,1-3H3,(H,18,24)(H2,19,20,21,22,25). The van der Waals surface area contributed by atoms with Crippen LogP contribution < -0.4 is 24.8 Å². The van der Waals surface area contributed by atoms with Gasteiger partial charge in [0.1, 0.15) is 6.54 Å². The van der Waals surface area contributed by atoms with Crippen molar-refractivity contribution in [1.82, 2.24) is 25.0 Å². The van der Waals surface area contributed by atoms with Gasteiger partial charge in [-0.05, 0) is 12.1 Å². The fourth-order valence-corrected chi connectivity index (χ4v) is 3.11. The molecule has 3 amide bonds. The summed E-state index contributed by atoms with van der Waals surface area (Å²) in [7, 11) is -0.829. The molecule has 0 bridgehead atoms. The second kappa shape index (κ2) is 10.1. The van der Waals surface area contributed by atoms with Crippen molar-refractivity contribution in [2.24, 2.45) is 0 Å². The summed E-state index contributed by atoms with van der Waals surface area (Å²) in [6.07, 6.45) is 1.11. The molecule has 0 aliphatic rings. The molecule has 2 aromatic rings. The van der Waals surface area contributed by atoms with Gasteiger partial charge in [-0.15, -0.1) is 0 Å². The normalized spacial score (nSPS) is 10.5. The number of anilines is 1. The minimum Gasteiger partial charge on any atom is -0.481 e. The molecule has 2 heterocycles. The van der Waals surface area contributed by atoms with E-state index in [0.717, 1.165) is 19.4 Å². The van der Waals surface area contributed by atoms with Gasteiger partial charge in [0.15, 0.2) is 5.03 Å². The van der Waals surface area contributed by atoms with E-state index in [1.807, 2.05) is 0 Å². The number of ether oxygens (including phenoxy) is 3. The van der Waals surface area contributed by atoms with Crippen molar-refractivity contribution in [2.45, 2.75) is 5.03 Å². The lowest BCUT2D eigenvalue weighted by Crippen LogP contribution is -2.37. The molecule has 0 spiro atoms. The van der Waals surface area contributed by atoms with Gasteiger partial charge in [-0.25, -0.2) is 14.5 Å². The molecule has 0 aliphatic carbocycles. The second-order valence-electron chi connectivity index (χ2n) is 5.45. The number of esters is 1. The number of carbonyl (C=O) groups is 3. The largest absolute Gasteiger partial charge is 0.481 e. The third-order valence-electron chi connectivity index (χ3n) is 3.44. The fourth-order valence-electron chi connectivity index (χ4n) is 2.06. The molecule has 0 fully saturated rings. The quantitative estimate of drug-likeness (QED) is 0.428. The molecule has 0 aliphatic heterocycles. The Morgan fingerprint density at radius 1 is 1.06 bits per heavy atom. The smallest absolute Gasteiger partial charge is 0.335 e. The second-order valence-corrected chi connectivity index (χ2v) is 7.05. The molecule has 31 heavy (non-hydrogen) atoms. The van der Waals surface area contributed by atoms with Gasteiger partial charge in [-0.2, -0.15) is 18.4 Å². The summed E-state index contributed by atoms with van der Waals surface area (Å²) in [6, 6.07) is 2.57. The van der Waals surface area contributed by atoms with E-state index in [0.29, 0.717) is 0 Å². The van der Waals surface area contributed by atoms with Gasteiger partial charge in [0.05, 0.1) is 33.0 Å². The van der Waals surface area contributed by atoms with Crippen LogP contribution in [-0.2, 0) is 19.6 Å². The molecule has 0 atom stereocenters. The molecule has 2 aromatic heterocycles. The molecule has 2 rings (SSSR count). The molecule has 0 radical (unpaired) electrons. The summed E-state index contributed by atoms with van der Waals surface area (Å²) in [5.41, 5.74) is -0.397. The number of sulfonamides is 1. The van der Waals surface area contributed by atoms with E-state index in [1.54, 1.807) is 4.72 Å². The van der Waals surface area contributed by atoms with Crippen molar-refractivity contribution in [3.8, 4) is 11.8 Å². The fraction of sp³-hybridized carbons (Fsp3) is 0.250. The van der Waals surface area contributed by atoms with Crippen molar-refractivity contribution < 1.29 is 37.0 Å². The van der Waals surface area contributed by atoms with E-state index in [1.165, 1.54) is 26.4 Å². The maximum absolute atomic E-state index is 12.6. The molecule has 0 unspecified atom stereocenters. The van der Waals surface area contributed by atoms with Crippen molar-refractivity contribution in [2.75, 3.05) is 33.2 Å². The Hall–Kier alpha value is -4.01. The first-order valence-corrected chi connectivity index (χ1v) is 9.79. The van der Waals surface area contributed by atoms with Crippen LogP contribution in [0.2, 0.25) is 0 Å². The molecular formula is C16H18N6O8S. The lowest BCUT2D eigenvalue weighted by Gasteiger charge is -2.11. The maximum atomic E-state index is 12.6. The number of hydrogen-bond acceptors (Lipinski definition) is 11. The van der Waals surface area contributed by atoms with Crippen LogP contribution in [0.5, 0.6) is 11.8 Å². The average molecular weight is 454 g/mol. The van der Waals surface area contributed by atoms with Crippen LogP contribution in [0.15, 0.2) is 29.4 Å². The minimum atomic E-state index is -4.60. The first-order chi connectivity index (χ1) is 14.7. The van der Waals surface area contributed by atoms with Crippen LogP contribution in [0.1, 0.15) is 10.4 Å². The number of hydrogen-bond donors (Lipinski definition) is 3. The van der Waals surface area contributed by atoms with E-state index < -0.39 is 45.1 Å². The Balaban J connectivity index is 2.20. The van der Waals surface area contributed by atoms with Gasteiger partial charge in [-0.3, -0.25) is 14.9 Å².